The highest BCUT2D eigenvalue weighted by atomic mass is 35.5. The van der Waals surface area contributed by atoms with E-state index < -0.39 is 23.2 Å². The van der Waals surface area contributed by atoms with Gasteiger partial charge in [-0.2, -0.15) is 0 Å². The van der Waals surface area contributed by atoms with Crippen LogP contribution in [-0.4, -0.2) is 11.7 Å². The molecule has 0 atom stereocenters. The molecular weight excluding hydrogens is 241 g/mol. The minimum atomic E-state index is -1.56. The van der Waals surface area contributed by atoms with Gasteiger partial charge < -0.3 is 0 Å². The van der Waals surface area contributed by atoms with E-state index in [0.717, 1.165) is 0 Å². The van der Waals surface area contributed by atoms with Crippen LogP contribution in [0.25, 0.3) is 0 Å². The van der Waals surface area contributed by atoms with Gasteiger partial charge >= 0.3 is 0 Å². The Kier molecular flexibility index (Phi) is 4.80. The summed E-state index contributed by atoms with van der Waals surface area (Å²) in [5, 5.41) is 0. The molecule has 0 fully saturated rings. The summed E-state index contributed by atoms with van der Waals surface area (Å²) in [4.78, 5) is 11.4. The number of Topliss-reactive ketones (excluding diaryl/α,β-unsaturated/α-hetero) is 1. The van der Waals surface area contributed by atoms with Crippen LogP contribution in [-0.2, 0) is 0 Å². The molecule has 0 aliphatic carbocycles. The lowest BCUT2D eigenvalue weighted by atomic mass is 10.1. The van der Waals surface area contributed by atoms with Crippen LogP contribution in [0.1, 0.15) is 29.6 Å². The lowest BCUT2D eigenvalue weighted by Crippen LogP contribution is -2.03. The second-order valence-electron chi connectivity index (χ2n) is 3.32. The Morgan fingerprint density at radius 3 is 2.19 bits per heavy atom. The number of carbonyl (C=O) groups is 1. The third-order valence-corrected chi connectivity index (χ3v) is 2.36. The molecule has 0 radical (unpaired) electrons. The molecule has 1 aromatic rings. The summed E-state index contributed by atoms with van der Waals surface area (Å²) in [7, 11) is 0. The molecule has 0 bridgehead atoms. The van der Waals surface area contributed by atoms with Gasteiger partial charge in [-0.15, -0.1) is 11.6 Å². The second kappa shape index (κ2) is 5.89. The summed E-state index contributed by atoms with van der Waals surface area (Å²) in [5.74, 6) is -4.24. The largest absolute Gasteiger partial charge is 0.294 e. The van der Waals surface area contributed by atoms with Crippen LogP contribution in [0.15, 0.2) is 12.1 Å². The zero-order valence-electron chi connectivity index (χ0n) is 8.40. The van der Waals surface area contributed by atoms with Gasteiger partial charge in [-0.3, -0.25) is 4.79 Å². The average molecular weight is 251 g/mol. The molecule has 0 heterocycles. The number of unbranched alkanes of at least 4 members (excludes halogenated alkanes) is 1. The summed E-state index contributed by atoms with van der Waals surface area (Å²) < 4.78 is 38.2. The predicted octanol–water partition coefficient (Wildman–Crippen LogP) is 3.70. The Labute approximate surface area is 96.2 Å². The molecule has 1 nitrogen and oxygen atoms in total. The molecule has 1 aromatic carbocycles. The van der Waals surface area contributed by atoms with Crippen LogP contribution in [0.3, 0.4) is 0 Å². The Bertz CT molecular complexity index is 370. The van der Waals surface area contributed by atoms with Crippen molar-refractivity contribution in [1.29, 1.82) is 0 Å². The molecule has 88 valence electrons. The van der Waals surface area contributed by atoms with Gasteiger partial charge in [0, 0.05) is 17.9 Å². The maximum absolute atomic E-state index is 12.8. The van der Waals surface area contributed by atoms with Gasteiger partial charge in [-0.25, -0.2) is 13.2 Å². The quantitative estimate of drug-likeness (QED) is 0.337. The molecule has 0 aromatic heterocycles. The van der Waals surface area contributed by atoms with Gasteiger partial charge in [0.05, 0.1) is 0 Å². The van der Waals surface area contributed by atoms with E-state index >= 15 is 0 Å². The maximum Gasteiger partial charge on any atom is 0.194 e. The number of hydrogen-bond acceptors (Lipinski definition) is 1. The van der Waals surface area contributed by atoms with Gasteiger partial charge in [0.25, 0.3) is 0 Å². The Hall–Kier alpha value is -1.03. The summed E-state index contributed by atoms with van der Waals surface area (Å²) in [5.41, 5.74) is -0.147. The number of hydrogen-bond donors (Lipinski definition) is 0. The van der Waals surface area contributed by atoms with E-state index in [1.54, 1.807) is 0 Å². The first-order valence-electron chi connectivity index (χ1n) is 4.80. The molecule has 5 heteroatoms. The fraction of sp³-hybridized carbons (Fsp3) is 0.364. The molecular formula is C11H10ClF3O. The van der Waals surface area contributed by atoms with Crippen molar-refractivity contribution in [1.82, 2.24) is 0 Å². The smallest absolute Gasteiger partial charge is 0.194 e. The fourth-order valence-corrected chi connectivity index (χ4v) is 1.43. The lowest BCUT2D eigenvalue weighted by molar-refractivity contribution is 0.0978. The SMILES string of the molecule is O=C(CCCCCl)c1cc(F)c(F)c(F)c1. The van der Waals surface area contributed by atoms with E-state index in [1.807, 2.05) is 0 Å². The highest BCUT2D eigenvalue weighted by Gasteiger charge is 2.14. The summed E-state index contributed by atoms with van der Waals surface area (Å²) >= 11 is 5.42. The maximum atomic E-state index is 12.8. The van der Waals surface area contributed by atoms with Gasteiger partial charge in [0.1, 0.15) is 0 Å². The van der Waals surface area contributed by atoms with Crippen LogP contribution in [0.5, 0.6) is 0 Å². The van der Waals surface area contributed by atoms with E-state index in [1.165, 1.54) is 0 Å². The first kappa shape index (κ1) is 13.0. The van der Waals surface area contributed by atoms with Crippen molar-refractivity contribution in [3.63, 3.8) is 0 Å². The van der Waals surface area contributed by atoms with E-state index in [-0.39, 0.29) is 12.0 Å². The highest BCUT2D eigenvalue weighted by molar-refractivity contribution is 6.17. The van der Waals surface area contributed by atoms with E-state index in [9.17, 15) is 18.0 Å². The van der Waals surface area contributed by atoms with Gasteiger partial charge in [-0.05, 0) is 25.0 Å². The molecule has 1 rings (SSSR count). The Morgan fingerprint density at radius 2 is 1.69 bits per heavy atom. The Morgan fingerprint density at radius 1 is 1.12 bits per heavy atom. The standard InChI is InChI=1S/C11H10ClF3O/c12-4-2-1-3-10(16)7-5-8(13)11(15)9(14)6-7/h5-6H,1-4H2. The Balaban J connectivity index is 2.76. The topological polar surface area (TPSA) is 17.1 Å². The van der Waals surface area contributed by atoms with Gasteiger partial charge in [0.15, 0.2) is 23.2 Å². The monoisotopic (exact) mass is 250 g/mol. The average Bonchev–Trinajstić information content (AvgIpc) is 2.25. The van der Waals surface area contributed by atoms with Crippen LogP contribution in [0, 0.1) is 17.5 Å². The molecule has 0 aliphatic heterocycles. The number of carbonyl (C=O) groups excluding carboxylic acids is 1. The van der Waals surface area contributed by atoms with Crippen LogP contribution in [0.4, 0.5) is 13.2 Å². The van der Waals surface area contributed by atoms with Crippen molar-refractivity contribution in [2.75, 3.05) is 5.88 Å². The molecule has 0 N–H and O–H groups in total. The molecule has 0 saturated carbocycles. The number of rotatable bonds is 5. The van der Waals surface area contributed by atoms with Gasteiger partial charge in [-0.1, -0.05) is 0 Å². The second-order valence-corrected chi connectivity index (χ2v) is 3.70. The summed E-state index contributed by atoms with van der Waals surface area (Å²) in [6.45, 7) is 0. The number of benzene rings is 1. The third kappa shape index (κ3) is 3.23. The molecule has 0 aliphatic rings. The fourth-order valence-electron chi connectivity index (χ4n) is 1.24. The third-order valence-electron chi connectivity index (χ3n) is 2.09. The highest BCUT2D eigenvalue weighted by Crippen LogP contribution is 2.15. The normalized spacial score (nSPS) is 10.5. The molecule has 0 spiro atoms. The first-order chi connectivity index (χ1) is 7.56. The zero-order chi connectivity index (χ0) is 12.1. The van der Waals surface area contributed by atoms with Crippen molar-refractivity contribution < 1.29 is 18.0 Å². The lowest BCUT2D eigenvalue weighted by Gasteiger charge is -2.02. The minimum Gasteiger partial charge on any atom is -0.294 e. The molecule has 0 unspecified atom stereocenters. The van der Waals surface area contributed by atoms with Crippen molar-refractivity contribution in [3.8, 4) is 0 Å². The molecule has 0 saturated heterocycles. The van der Waals surface area contributed by atoms with E-state index in [2.05, 4.69) is 0 Å². The number of halogens is 4. The van der Waals surface area contributed by atoms with Crippen molar-refractivity contribution in [2.45, 2.75) is 19.3 Å². The van der Waals surface area contributed by atoms with Crippen molar-refractivity contribution in [2.24, 2.45) is 0 Å². The van der Waals surface area contributed by atoms with Crippen LogP contribution < -0.4 is 0 Å². The van der Waals surface area contributed by atoms with E-state index in [4.69, 9.17) is 11.6 Å². The molecule has 16 heavy (non-hydrogen) atoms. The van der Waals surface area contributed by atoms with Crippen LogP contribution in [0.2, 0.25) is 0 Å². The van der Waals surface area contributed by atoms with Crippen LogP contribution >= 0.6 is 11.6 Å². The minimum absolute atomic E-state index is 0.147. The van der Waals surface area contributed by atoms with E-state index in [0.29, 0.717) is 30.9 Å². The number of alkyl halides is 1. The summed E-state index contributed by atoms with van der Waals surface area (Å²) in [6.07, 6.45) is 1.35. The van der Waals surface area contributed by atoms with Crippen molar-refractivity contribution in [3.05, 3.63) is 35.1 Å². The molecule has 0 amide bonds. The summed E-state index contributed by atoms with van der Waals surface area (Å²) in [6, 6.07) is 1.42. The number of ketones is 1. The first-order valence-corrected chi connectivity index (χ1v) is 5.33. The zero-order valence-corrected chi connectivity index (χ0v) is 9.16. The van der Waals surface area contributed by atoms with Gasteiger partial charge in [0.2, 0.25) is 0 Å². The predicted molar refractivity (Wildman–Crippen MR) is 55.2 cm³/mol. The van der Waals surface area contributed by atoms with Crippen molar-refractivity contribution >= 4 is 17.4 Å².